The van der Waals surface area contributed by atoms with E-state index in [1.807, 2.05) is 72.8 Å². The van der Waals surface area contributed by atoms with Crippen molar-refractivity contribution in [2.45, 2.75) is 0 Å². The first-order valence-electron chi connectivity index (χ1n) is 16.3. The first-order chi connectivity index (χ1) is 25.4. The molecular formula is C40H34N3O6P3. The summed E-state index contributed by atoms with van der Waals surface area (Å²) in [6, 6.07) is 53.4. The number of nitrogens with zero attached hydrogens (tertiary/aromatic N) is 3. The summed E-state index contributed by atoms with van der Waals surface area (Å²) in [7, 11) is -7.43. The van der Waals surface area contributed by atoms with Gasteiger partial charge in [0.25, 0.3) is 7.66 Å². The average Bonchev–Trinajstić information content (AvgIpc) is 3.22. The normalized spacial score (nSPS) is 15.2. The maximum Gasteiger partial charge on any atom is 0.337 e. The second kappa shape index (κ2) is 15.1. The molecule has 260 valence electrons. The minimum Gasteiger partial charge on any atom is -0.498 e. The van der Waals surface area contributed by atoms with Crippen molar-refractivity contribution in [1.29, 1.82) is 0 Å². The summed E-state index contributed by atoms with van der Waals surface area (Å²) in [6.07, 6.45) is 0. The van der Waals surface area contributed by atoms with Crippen LogP contribution in [-0.4, -0.2) is 26.2 Å². The molecule has 52 heavy (non-hydrogen) atoms. The van der Waals surface area contributed by atoms with Crippen LogP contribution in [0.3, 0.4) is 0 Å². The molecule has 1 aliphatic heterocycles. The van der Waals surface area contributed by atoms with E-state index in [4.69, 9.17) is 32.4 Å². The molecule has 6 aromatic rings. The number of ether oxygens (including phenoxy) is 2. The second-order valence-electron chi connectivity index (χ2n) is 11.5. The summed E-state index contributed by atoms with van der Waals surface area (Å²) >= 11 is 0. The van der Waals surface area contributed by atoms with Crippen molar-refractivity contribution in [3.63, 3.8) is 0 Å². The highest BCUT2D eigenvalue weighted by Gasteiger charge is 2.52. The van der Waals surface area contributed by atoms with E-state index in [-0.39, 0.29) is 0 Å². The third-order valence-electron chi connectivity index (χ3n) is 8.21. The summed E-state index contributed by atoms with van der Waals surface area (Å²) in [4.78, 5) is 30.4. The molecule has 0 saturated carbocycles. The molecule has 0 radical (unpaired) electrons. The summed E-state index contributed by atoms with van der Waals surface area (Å²) in [6.45, 7) is 0. The van der Waals surface area contributed by atoms with Gasteiger partial charge in [0.15, 0.2) is 0 Å². The number of benzene rings is 6. The van der Waals surface area contributed by atoms with E-state index in [2.05, 4.69) is 48.5 Å². The smallest absolute Gasteiger partial charge is 0.337 e. The molecule has 0 unspecified atom stereocenters. The highest BCUT2D eigenvalue weighted by molar-refractivity contribution is 8.04. The lowest BCUT2D eigenvalue weighted by Crippen LogP contribution is -2.25. The zero-order valence-corrected chi connectivity index (χ0v) is 31.0. The van der Waals surface area contributed by atoms with Gasteiger partial charge in [-0.3, -0.25) is 0 Å². The maximum absolute atomic E-state index is 12.4. The van der Waals surface area contributed by atoms with Gasteiger partial charge < -0.3 is 23.4 Å². The molecule has 6 aromatic carbocycles. The van der Waals surface area contributed by atoms with E-state index in [1.54, 1.807) is 48.5 Å². The average molecular weight is 746 g/mol. The quantitative estimate of drug-likeness (QED) is 0.102. The second-order valence-corrected chi connectivity index (χ2v) is 19.5. The number of hydrogen-bond donors (Lipinski definition) is 0. The number of rotatable bonds is 10. The number of hydrogen-bond acceptors (Lipinski definition) is 8. The van der Waals surface area contributed by atoms with Crippen LogP contribution in [-0.2, 0) is 9.47 Å². The maximum atomic E-state index is 12.4. The van der Waals surface area contributed by atoms with Crippen molar-refractivity contribution in [3.05, 3.63) is 186 Å². The Morgan fingerprint density at radius 2 is 0.865 bits per heavy atom. The van der Waals surface area contributed by atoms with Gasteiger partial charge in [0, 0.05) is 0 Å². The van der Waals surface area contributed by atoms with E-state index < -0.39 is 34.4 Å². The van der Waals surface area contributed by atoms with Crippen LogP contribution in [0.15, 0.2) is 179 Å². The van der Waals surface area contributed by atoms with Crippen molar-refractivity contribution in [2.75, 3.05) is 14.2 Å². The Morgan fingerprint density at radius 1 is 0.500 bits per heavy atom. The molecule has 12 heteroatoms. The lowest BCUT2D eigenvalue weighted by atomic mass is 10.2. The minimum atomic E-state index is -3.81. The van der Waals surface area contributed by atoms with E-state index in [1.165, 1.54) is 14.2 Å². The molecule has 0 spiro atoms. The lowest BCUT2D eigenvalue weighted by Gasteiger charge is -2.48. The Bertz CT molecular complexity index is 2140. The monoisotopic (exact) mass is 745 g/mol. The van der Waals surface area contributed by atoms with Crippen molar-refractivity contribution in [2.24, 2.45) is 9.03 Å². The van der Waals surface area contributed by atoms with Gasteiger partial charge in [0.05, 0.1) is 25.3 Å². The molecule has 0 fully saturated rings. The number of carbonyl (C=O) groups is 2. The van der Waals surface area contributed by atoms with Gasteiger partial charge in [0.1, 0.15) is 22.1 Å². The van der Waals surface area contributed by atoms with Crippen LogP contribution >= 0.6 is 22.4 Å². The topological polar surface area (TPSA) is 110 Å². The zero-order valence-electron chi connectivity index (χ0n) is 28.3. The zero-order chi connectivity index (χ0) is 36.0. The number of esters is 2. The van der Waals surface area contributed by atoms with Gasteiger partial charge in [-0.05, 0) is 90.6 Å². The van der Waals surface area contributed by atoms with E-state index >= 15 is 0 Å². The number of methoxy groups -OCH3 is 2. The molecule has 0 saturated heterocycles. The van der Waals surface area contributed by atoms with Crippen molar-refractivity contribution < 1.29 is 28.1 Å². The molecular weight excluding hydrogens is 711 g/mol. The van der Waals surface area contributed by atoms with Gasteiger partial charge in [-0.2, -0.15) is 0 Å². The molecule has 0 aliphatic carbocycles. The Morgan fingerprint density at radius 3 is 1.23 bits per heavy atom. The molecule has 9 nitrogen and oxygen atoms in total. The first-order valence-corrected chi connectivity index (χ1v) is 21.2. The van der Waals surface area contributed by atoms with Crippen LogP contribution < -0.4 is 30.3 Å². The van der Waals surface area contributed by atoms with E-state index in [0.29, 0.717) is 22.6 Å². The highest BCUT2D eigenvalue weighted by Crippen LogP contribution is 2.85. The van der Waals surface area contributed by atoms with Gasteiger partial charge in [-0.1, -0.05) is 102 Å². The standard InChI is InChI=1S/C40H34N3O6P3/c1-46-39(44)31-23-27-33(28-24-31)48-52(49-34-29-25-32(26-30-34)40(45)47-2)42-50(35-15-7-3-8-16-35,36-17-9-4-10-18-36)41-51(43-52,37-19-11-5-12-20-37)38-21-13-6-14-22-38/h3-30H,1-2H3. The summed E-state index contributed by atoms with van der Waals surface area (Å²) in [5.74, 6) is -0.167. The van der Waals surface area contributed by atoms with Crippen LogP contribution in [0.4, 0.5) is 0 Å². The molecule has 0 aromatic heterocycles. The van der Waals surface area contributed by atoms with Crippen LogP contribution in [0.5, 0.6) is 11.5 Å². The molecule has 0 bridgehead atoms. The van der Waals surface area contributed by atoms with E-state index in [9.17, 15) is 9.59 Å². The Hall–Kier alpha value is -5.29. The summed E-state index contributed by atoms with van der Waals surface area (Å²) < 4.78 is 35.5. The predicted octanol–water partition coefficient (Wildman–Crippen LogP) is 9.32. The third-order valence-corrected chi connectivity index (χ3v) is 19.1. The van der Waals surface area contributed by atoms with E-state index in [0.717, 1.165) is 21.2 Å². The lowest BCUT2D eigenvalue weighted by molar-refractivity contribution is 0.0592. The van der Waals surface area contributed by atoms with Gasteiger partial charge in [0.2, 0.25) is 0 Å². The highest BCUT2D eigenvalue weighted by atomic mass is 31.3. The van der Waals surface area contributed by atoms with Gasteiger partial charge in [-0.15, -0.1) is 4.52 Å². The van der Waals surface area contributed by atoms with Crippen LogP contribution in [0.25, 0.3) is 4.86 Å². The summed E-state index contributed by atoms with van der Waals surface area (Å²) in [5.41, 5.74) is 0.722. The fourth-order valence-corrected chi connectivity index (χ4v) is 18.9. The molecule has 0 N–H and O–H groups in total. The Kier molecular flexibility index (Phi) is 10.2. The Labute approximate surface area is 303 Å². The van der Waals surface area contributed by atoms with Gasteiger partial charge in [-0.25, -0.2) is 9.59 Å². The van der Waals surface area contributed by atoms with Crippen molar-refractivity contribution in [1.82, 2.24) is 0 Å². The molecule has 1 aliphatic rings. The Balaban J connectivity index is 1.57. The third kappa shape index (κ3) is 6.97. The van der Waals surface area contributed by atoms with Crippen LogP contribution in [0.1, 0.15) is 20.7 Å². The van der Waals surface area contributed by atoms with Crippen molar-refractivity contribution >= 4 is 55.6 Å². The van der Waals surface area contributed by atoms with Crippen molar-refractivity contribution in [3.8, 4) is 11.5 Å². The molecule has 0 amide bonds. The first kappa shape index (κ1) is 35.1. The SMILES string of the molecule is COC(=O)c1ccc(OP2(Oc3ccc(C(=O)OC)cc3)=N[P+](c3ccccc3)(c3ccccc3)N=P(c3ccccc3)(c3ccccc3)[N-]2)cc1. The molecule has 1 heterocycles. The largest absolute Gasteiger partial charge is 0.498 e. The molecule has 0 atom stereocenters. The van der Waals surface area contributed by atoms with Gasteiger partial charge >= 0.3 is 19.5 Å². The number of carbonyl (C=O) groups excluding carboxylic acids is 2. The fourth-order valence-electron chi connectivity index (χ4n) is 5.73. The van der Waals surface area contributed by atoms with Crippen LogP contribution in [0, 0.1) is 0 Å². The summed E-state index contributed by atoms with van der Waals surface area (Å²) in [5, 5.41) is 3.63. The minimum absolute atomic E-state index is 0.361. The predicted molar refractivity (Wildman–Crippen MR) is 210 cm³/mol. The fraction of sp³-hybridized carbons (Fsp3) is 0.0500. The van der Waals surface area contributed by atoms with Crippen LogP contribution in [0.2, 0.25) is 0 Å². The molecule has 7 rings (SSSR count).